The Morgan fingerprint density at radius 1 is 1.42 bits per heavy atom. The molecule has 1 aromatic rings. The number of halogens is 2. The first-order chi connectivity index (χ1) is 9.15. The van der Waals surface area contributed by atoms with Crippen LogP contribution in [0.4, 0.5) is 8.78 Å². The van der Waals surface area contributed by atoms with Gasteiger partial charge in [0.25, 0.3) is 11.7 Å². The van der Waals surface area contributed by atoms with Gasteiger partial charge in [0.2, 0.25) is 0 Å². The molecule has 0 bridgehead atoms. The second-order valence-corrected chi connectivity index (χ2v) is 5.31. The fourth-order valence-electron chi connectivity index (χ4n) is 1.90. The van der Waals surface area contributed by atoms with Crippen molar-refractivity contribution in [2.75, 3.05) is 13.2 Å². The summed E-state index contributed by atoms with van der Waals surface area (Å²) >= 11 is 0.468. The van der Waals surface area contributed by atoms with Crippen LogP contribution in [-0.4, -0.2) is 30.9 Å². The summed E-state index contributed by atoms with van der Waals surface area (Å²) < 4.78 is 29.7. The van der Waals surface area contributed by atoms with Gasteiger partial charge in [0.15, 0.2) is 0 Å². The largest absolute Gasteiger partial charge is 0.376 e. The van der Waals surface area contributed by atoms with Crippen molar-refractivity contribution in [3.63, 3.8) is 0 Å². The van der Waals surface area contributed by atoms with Crippen LogP contribution in [0.2, 0.25) is 0 Å². The predicted molar refractivity (Wildman–Crippen MR) is 69.6 cm³/mol. The number of ether oxygens (including phenoxy) is 1. The van der Waals surface area contributed by atoms with Gasteiger partial charge in [0.1, 0.15) is 0 Å². The second kappa shape index (κ2) is 6.86. The minimum atomic E-state index is -2.45. The highest BCUT2D eigenvalue weighted by atomic mass is 32.2. The molecule has 1 aromatic carbocycles. The zero-order valence-corrected chi connectivity index (χ0v) is 11.1. The van der Waals surface area contributed by atoms with Crippen molar-refractivity contribution in [2.45, 2.75) is 29.6 Å². The van der Waals surface area contributed by atoms with Crippen LogP contribution in [0.5, 0.6) is 0 Å². The quantitative estimate of drug-likeness (QED) is 0.846. The summed E-state index contributed by atoms with van der Waals surface area (Å²) in [4.78, 5) is 12.3. The van der Waals surface area contributed by atoms with Crippen LogP contribution >= 0.6 is 11.8 Å². The molecule has 1 saturated heterocycles. The van der Waals surface area contributed by atoms with E-state index in [1.54, 1.807) is 12.1 Å². The number of rotatable bonds is 5. The van der Waals surface area contributed by atoms with Crippen molar-refractivity contribution in [3.8, 4) is 0 Å². The molecule has 0 aromatic heterocycles. The molecule has 6 heteroatoms. The third-order valence-corrected chi connectivity index (χ3v) is 3.58. The molecule has 2 rings (SSSR count). The first kappa shape index (κ1) is 14.3. The fourth-order valence-corrected chi connectivity index (χ4v) is 2.40. The van der Waals surface area contributed by atoms with Gasteiger partial charge >= 0.3 is 0 Å². The SMILES string of the molecule is O=C(NC[C@H]1CCCO1)c1ccc(SC(F)F)cc1. The lowest BCUT2D eigenvalue weighted by Crippen LogP contribution is -2.31. The van der Waals surface area contributed by atoms with Crippen LogP contribution < -0.4 is 5.32 Å². The van der Waals surface area contributed by atoms with Crippen molar-refractivity contribution >= 4 is 17.7 Å². The average Bonchev–Trinajstić information content (AvgIpc) is 2.89. The van der Waals surface area contributed by atoms with Gasteiger partial charge < -0.3 is 10.1 Å². The number of carbonyl (C=O) groups is 1. The number of hydrogen-bond acceptors (Lipinski definition) is 3. The van der Waals surface area contributed by atoms with Crippen LogP contribution in [0.3, 0.4) is 0 Å². The summed E-state index contributed by atoms with van der Waals surface area (Å²) in [7, 11) is 0. The number of carbonyl (C=O) groups excluding carboxylic acids is 1. The maximum absolute atomic E-state index is 12.1. The van der Waals surface area contributed by atoms with Crippen molar-refractivity contribution in [3.05, 3.63) is 29.8 Å². The van der Waals surface area contributed by atoms with Crippen molar-refractivity contribution in [2.24, 2.45) is 0 Å². The topological polar surface area (TPSA) is 38.3 Å². The summed E-state index contributed by atoms with van der Waals surface area (Å²) in [5.41, 5.74) is 0.469. The zero-order chi connectivity index (χ0) is 13.7. The van der Waals surface area contributed by atoms with Gasteiger partial charge in [0.05, 0.1) is 6.10 Å². The molecule has 1 N–H and O–H groups in total. The molecule has 1 aliphatic heterocycles. The summed E-state index contributed by atoms with van der Waals surface area (Å²) in [6.45, 7) is 1.24. The molecule has 1 atom stereocenters. The van der Waals surface area contributed by atoms with Crippen molar-refractivity contribution < 1.29 is 18.3 Å². The Bertz CT molecular complexity index is 419. The monoisotopic (exact) mass is 287 g/mol. The Morgan fingerprint density at radius 3 is 2.74 bits per heavy atom. The third kappa shape index (κ3) is 4.47. The van der Waals surface area contributed by atoms with E-state index in [0.29, 0.717) is 28.8 Å². The van der Waals surface area contributed by atoms with Gasteiger partial charge in [-0.1, -0.05) is 11.8 Å². The number of thioether (sulfide) groups is 1. The third-order valence-electron chi connectivity index (χ3n) is 2.86. The number of hydrogen-bond donors (Lipinski definition) is 1. The Balaban J connectivity index is 1.84. The van der Waals surface area contributed by atoms with E-state index in [1.165, 1.54) is 12.1 Å². The van der Waals surface area contributed by atoms with E-state index in [-0.39, 0.29) is 12.0 Å². The average molecular weight is 287 g/mol. The molecule has 1 fully saturated rings. The Kier molecular flexibility index (Phi) is 5.15. The molecule has 104 valence electrons. The number of benzene rings is 1. The van der Waals surface area contributed by atoms with Gasteiger partial charge in [-0.25, -0.2) is 0 Å². The zero-order valence-electron chi connectivity index (χ0n) is 10.3. The van der Waals surface area contributed by atoms with Gasteiger partial charge in [-0.15, -0.1) is 0 Å². The first-order valence-electron chi connectivity index (χ1n) is 6.10. The molecular formula is C13H15F2NO2S. The maximum atomic E-state index is 12.1. The molecule has 19 heavy (non-hydrogen) atoms. The molecular weight excluding hydrogens is 272 g/mol. The molecule has 0 unspecified atom stereocenters. The highest BCUT2D eigenvalue weighted by Crippen LogP contribution is 2.25. The molecule has 0 saturated carbocycles. The van der Waals surface area contributed by atoms with Crippen molar-refractivity contribution in [1.29, 1.82) is 0 Å². The predicted octanol–water partition coefficient (Wildman–Crippen LogP) is 2.91. The smallest absolute Gasteiger partial charge is 0.288 e. The minimum absolute atomic E-state index is 0.0950. The molecule has 0 spiro atoms. The molecule has 1 heterocycles. The van der Waals surface area contributed by atoms with E-state index in [2.05, 4.69) is 5.32 Å². The molecule has 0 radical (unpaired) electrons. The van der Waals surface area contributed by atoms with Crippen LogP contribution in [0, 0.1) is 0 Å². The summed E-state index contributed by atoms with van der Waals surface area (Å²) in [5, 5.41) is 2.78. The second-order valence-electron chi connectivity index (χ2n) is 4.25. The summed E-state index contributed by atoms with van der Waals surface area (Å²) in [6, 6.07) is 6.15. The highest BCUT2D eigenvalue weighted by Gasteiger charge is 2.16. The Labute approximate surface area is 114 Å². The molecule has 0 aliphatic carbocycles. The Morgan fingerprint density at radius 2 is 2.16 bits per heavy atom. The highest BCUT2D eigenvalue weighted by molar-refractivity contribution is 7.99. The van der Waals surface area contributed by atoms with E-state index in [0.717, 1.165) is 19.4 Å². The van der Waals surface area contributed by atoms with Gasteiger partial charge in [-0.05, 0) is 37.1 Å². The van der Waals surface area contributed by atoms with E-state index >= 15 is 0 Å². The standard InChI is InChI=1S/C13H15F2NO2S/c14-13(15)19-11-5-3-9(4-6-11)12(17)16-8-10-2-1-7-18-10/h3-6,10,13H,1-2,7-8H2,(H,16,17)/t10-/m1/s1. The minimum Gasteiger partial charge on any atom is -0.376 e. The van der Waals surface area contributed by atoms with E-state index in [4.69, 9.17) is 4.74 Å². The van der Waals surface area contributed by atoms with Crippen LogP contribution in [-0.2, 0) is 4.74 Å². The number of nitrogens with one attached hydrogen (secondary N) is 1. The lowest BCUT2D eigenvalue weighted by atomic mass is 10.2. The van der Waals surface area contributed by atoms with Crippen LogP contribution in [0.15, 0.2) is 29.2 Å². The summed E-state index contributed by atoms with van der Waals surface area (Å²) in [6.07, 6.45) is 2.09. The normalized spacial score (nSPS) is 18.8. The van der Waals surface area contributed by atoms with Crippen molar-refractivity contribution in [1.82, 2.24) is 5.32 Å². The lowest BCUT2D eigenvalue weighted by Gasteiger charge is -2.11. The van der Waals surface area contributed by atoms with Crippen LogP contribution in [0.25, 0.3) is 0 Å². The molecule has 1 amide bonds. The van der Waals surface area contributed by atoms with E-state index < -0.39 is 5.76 Å². The first-order valence-corrected chi connectivity index (χ1v) is 6.98. The Hall–Kier alpha value is -1.14. The molecule has 3 nitrogen and oxygen atoms in total. The van der Waals surface area contributed by atoms with Crippen LogP contribution in [0.1, 0.15) is 23.2 Å². The van der Waals surface area contributed by atoms with E-state index in [1.807, 2.05) is 0 Å². The van der Waals surface area contributed by atoms with E-state index in [9.17, 15) is 13.6 Å². The van der Waals surface area contributed by atoms with Gasteiger partial charge in [0, 0.05) is 23.6 Å². The number of amides is 1. The van der Waals surface area contributed by atoms with Gasteiger partial charge in [-0.3, -0.25) is 4.79 Å². The van der Waals surface area contributed by atoms with Gasteiger partial charge in [-0.2, -0.15) is 8.78 Å². The summed E-state index contributed by atoms with van der Waals surface area (Å²) in [5.74, 6) is -2.65. The molecule has 1 aliphatic rings. The number of alkyl halides is 2. The lowest BCUT2D eigenvalue weighted by molar-refractivity contribution is 0.0857. The maximum Gasteiger partial charge on any atom is 0.288 e. The fraction of sp³-hybridized carbons (Fsp3) is 0.462.